The highest BCUT2D eigenvalue weighted by atomic mass is 35.5. The molecule has 18 heavy (non-hydrogen) atoms. The van der Waals surface area contributed by atoms with Gasteiger partial charge in [-0.05, 0) is 39.2 Å². The fraction of sp³-hybridized carbons (Fsp3) is 0.923. The Morgan fingerprint density at radius 2 is 2.11 bits per heavy atom. The summed E-state index contributed by atoms with van der Waals surface area (Å²) in [5, 5.41) is 6.47. The van der Waals surface area contributed by atoms with Crippen LogP contribution in [0.2, 0.25) is 0 Å². The molecule has 4 nitrogen and oxygen atoms in total. The lowest BCUT2D eigenvalue weighted by Gasteiger charge is -2.21. The van der Waals surface area contributed by atoms with Gasteiger partial charge in [-0.25, -0.2) is 0 Å². The summed E-state index contributed by atoms with van der Waals surface area (Å²) in [7, 11) is 0. The summed E-state index contributed by atoms with van der Waals surface area (Å²) >= 11 is 0. The molecule has 1 amide bonds. The van der Waals surface area contributed by atoms with Gasteiger partial charge in [0.1, 0.15) is 0 Å². The topological polar surface area (TPSA) is 44.4 Å². The van der Waals surface area contributed by atoms with Crippen molar-refractivity contribution in [1.82, 2.24) is 15.5 Å². The lowest BCUT2D eigenvalue weighted by Crippen LogP contribution is -2.47. The molecule has 0 aliphatic carbocycles. The number of halogens is 1. The van der Waals surface area contributed by atoms with Crippen LogP contribution in [0.3, 0.4) is 0 Å². The van der Waals surface area contributed by atoms with E-state index in [0.29, 0.717) is 18.0 Å². The van der Waals surface area contributed by atoms with Crippen LogP contribution < -0.4 is 10.6 Å². The number of rotatable bonds is 3. The number of amides is 1. The van der Waals surface area contributed by atoms with E-state index < -0.39 is 0 Å². The highest BCUT2D eigenvalue weighted by Crippen LogP contribution is 2.19. The summed E-state index contributed by atoms with van der Waals surface area (Å²) < 4.78 is 0. The van der Waals surface area contributed by atoms with Crippen LogP contribution in [0.5, 0.6) is 0 Å². The van der Waals surface area contributed by atoms with Gasteiger partial charge >= 0.3 is 0 Å². The minimum atomic E-state index is 0. The van der Waals surface area contributed by atoms with E-state index in [0.717, 1.165) is 32.5 Å². The van der Waals surface area contributed by atoms with E-state index in [9.17, 15) is 4.79 Å². The molecule has 0 radical (unpaired) electrons. The number of nitrogens with zero attached hydrogens (tertiary/aromatic N) is 1. The summed E-state index contributed by atoms with van der Waals surface area (Å²) in [5.41, 5.74) is 0. The Labute approximate surface area is 116 Å². The molecule has 2 rings (SSSR count). The van der Waals surface area contributed by atoms with E-state index >= 15 is 0 Å². The third-order valence-electron chi connectivity index (χ3n) is 4.08. The Morgan fingerprint density at radius 3 is 2.61 bits per heavy atom. The van der Waals surface area contributed by atoms with Gasteiger partial charge in [0.15, 0.2) is 0 Å². The predicted octanol–water partition coefficient (Wildman–Crippen LogP) is 1.01. The zero-order valence-corrected chi connectivity index (χ0v) is 12.4. The molecule has 2 fully saturated rings. The van der Waals surface area contributed by atoms with E-state index in [-0.39, 0.29) is 24.4 Å². The van der Waals surface area contributed by atoms with E-state index in [1.165, 1.54) is 0 Å². The minimum Gasteiger partial charge on any atom is -0.350 e. The molecule has 2 N–H and O–H groups in total. The van der Waals surface area contributed by atoms with Gasteiger partial charge < -0.3 is 10.6 Å². The van der Waals surface area contributed by atoms with Crippen molar-refractivity contribution in [3.8, 4) is 0 Å². The minimum absolute atomic E-state index is 0. The molecule has 3 atom stereocenters. The molecule has 3 unspecified atom stereocenters. The third kappa shape index (κ3) is 3.59. The van der Waals surface area contributed by atoms with Gasteiger partial charge in [-0.3, -0.25) is 9.69 Å². The summed E-state index contributed by atoms with van der Waals surface area (Å²) in [6.07, 6.45) is 2.11. The number of carbonyl (C=O) groups excluding carboxylic acids is 1. The zero-order chi connectivity index (χ0) is 12.4. The van der Waals surface area contributed by atoms with Crippen molar-refractivity contribution in [3.05, 3.63) is 0 Å². The van der Waals surface area contributed by atoms with E-state index in [4.69, 9.17) is 0 Å². The smallest absolute Gasteiger partial charge is 0.237 e. The van der Waals surface area contributed by atoms with Gasteiger partial charge in [-0.2, -0.15) is 0 Å². The van der Waals surface area contributed by atoms with E-state index in [1.54, 1.807) is 0 Å². The van der Waals surface area contributed by atoms with Crippen LogP contribution in [0.25, 0.3) is 0 Å². The fourth-order valence-electron chi connectivity index (χ4n) is 2.81. The number of hydrogen-bond donors (Lipinski definition) is 2. The van der Waals surface area contributed by atoms with Gasteiger partial charge in [0.05, 0.1) is 6.04 Å². The van der Waals surface area contributed by atoms with Crippen molar-refractivity contribution in [2.24, 2.45) is 5.92 Å². The SMILES string of the molecule is CC1CN(C(C)C)CC1NC(=O)C1CCCN1.Cl. The van der Waals surface area contributed by atoms with Crippen LogP contribution in [-0.2, 0) is 4.79 Å². The summed E-state index contributed by atoms with van der Waals surface area (Å²) in [4.78, 5) is 14.5. The largest absolute Gasteiger partial charge is 0.350 e. The molecule has 0 saturated carbocycles. The number of likely N-dealkylation sites (tertiary alicyclic amines) is 1. The summed E-state index contributed by atoms with van der Waals surface area (Å²) in [5.74, 6) is 0.757. The molecular weight excluding hydrogens is 250 g/mol. The number of carbonyl (C=O) groups is 1. The van der Waals surface area contributed by atoms with Crippen molar-refractivity contribution in [3.63, 3.8) is 0 Å². The van der Waals surface area contributed by atoms with Crippen molar-refractivity contribution in [1.29, 1.82) is 0 Å². The zero-order valence-electron chi connectivity index (χ0n) is 11.6. The second kappa shape index (κ2) is 6.73. The maximum atomic E-state index is 12.0. The van der Waals surface area contributed by atoms with Gasteiger partial charge in [-0.1, -0.05) is 6.92 Å². The van der Waals surface area contributed by atoms with Crippen LogP contribution >= 0.6 is 12.4 Å². The normalized spacial score (nSPS) is 32.6. The predicted molar refractivity (Wildman–Crippen MR) is 76.1 cm³/mol. The molecule has 2 aliphatic rings. The Hall–Kier alpha value is -0.320. The van der Waals surface area contributed by atoms with Crippen LogP contribution in [0.1, 0.15) is 33.6 Å². The third-order valence-corrected chi connectivity index (χ3v) is 4.08. The molecule has 2 heterocycles. The van der Waals surface area contributed by atoms with Crippen LogP contribution in [0.4, 0.5) is 0 Å². The Kier molecular flexibility index (Phi) is 5.89. The molecule has 0 aromatic carbocycles. The average molecular weight is 276 g/mol. The number of nitrogens with one attached hydrogen (secondary N) is 2. The highest BCUT2D eigenvalue weighted by molar-refractivity contribution is 5.85. The first-order chi connectivity index (χ1) is 8.08. The average Bonchev–Trinajstić information content (AvgIpc) is 2.88. The maximum Gasteiger partial charge on any atom is 0.237 e. The maximum absolute atomic E-state index is 12.0. The summed E-state index contributed by atoms with van der Waals surface area (Å²) in [6.45, 7) is 9.74. The monoisotopic (exact) mass is 275 g/mol. The molecular formula is C13H26ClN3O. The van der Waals surface area contributed by atoms with Gasteiger partial charge in [0.2, 0.25) is 5.91 Å². The first-order valence-corrected chi connectivity index (χ1v) is 6.85. The molecule has 0 spiro atoms. The molecule has 2 saturated heterocycles. The quantitative estimate of drug-likeness (QED) is 0.808. The molecule has 2 aliphatic heterocycles. The summed E-state index contributed by atoms with van der Waals surface area (Å²) in [6, 6.07) is 0.951. The number of hydrogen-bond acceptors (Lipinski definition) is 3. The Balaban J connectivity index is 0.00000162. The van der Waals surface area contributed by atoms with Crippen LogP contribution in [0.15, 0.2) is 0 Å². The second-order valence-corrected chi connectivity index (χ2v) is 5.79. The van der Waals surface area contributed by atoms with Crippen LogP contribution in [-0.4, -0.2) is 48.6 Å². The van der Waals surface area contributed by atoms with Gasteiger partial charge in [0.25, 0.3) is 0 Å². The molecule has 0 aromatic heterocycles. The Morgan fingerprint density at radius 1 is 1.39 bits per heavy atom. The second-order valence-electron chi connectivity index (χ2n) is 5.79. The molecule has 0 aromatic rings. The molecule has 106 valence electrons. The van der Waals surface area contributed by atoms with Crippen LogP contribution in [0, 0.1) is 5.92 Å². The van der Waals surface area contributed by atoms with Crippen molar-refractivity contribution >= 4 is 18.3 Å². The highest BCUT2D eigenvalue weighted by Gasteiger charge is 2.33. The lowest BCUT2D eigenvalue weighted by atomic mass is 10.1. The Bertz CT molecular complexity index is 279. The fourth-order valence-corrected chi connectivity index (χ4v) is 2.81. The van der Waals surface area contributed by atoms with Crippen molar-refractivity contribution < 1.29 is 4.79 Å². The van der Waals surface area contributed by atoms with Gasteiger partial charge in [-0.15, -0.1) is 12.4 Å². The van der Waals surface area contributed by atoms with Crippen molar-refractivity contribution in [2.45, 2.75) is 51.7 Å². The first kappa shape index (κ1) is 15.7. The standard InChI is InChI=1S/C13H25N3O.ClH/c1-9(2)16-7-10(3)12(8-16)15-13(17)11-5-4-6-14-11;/h9-12,14H,4-8H2,1-3H3,(H,15,17);1H. The molecule has 5 heteroatoms. The van der Waals surface area contributed by atoms with E-state index in [1.807, 2.05) is 0 Å². The first-order valence-electron chi connectivity index (χ1n) is 6.85. The van der Waals surface area contributed by atoms with Gasteiger partial charge in [0, 0.05) is 25.2 Å². The van der Waals surface area contributed by atoms with E-state index in [2.05, 4.69) is 36.3 Å². The lowest BCUT2D eigenvalue weighted by molar-refractivity contribution is -0.123. The molecule has 0 bridgehead atoms. The van der Waals surface area contributed by atoms with Crippen molar-refractivity contribution in [2.75, 3.05) is 19.6 Å².